The molecular formula is C24H27N5O3S2. The largest absolute Gasteiger partial charge is 0.357 e. The molecule has 1 fully saturated rings. The van der Waals surface area contributed by atoms with Crippen LogP contribution >= 0.6 is 23.1 Å². The number of carbonyl (C=O) groups is 3. The molecule has 0 saturated carbocycles. The van der Waals surface area contributed by atoms with E-state index in [0.717, 1.165) is 26.5 Å². The summed E-state index contributed by atoms with van der Waals surface area (Å²) in [6, 6.07) is 7.57. The number of thioether (sulfide) groups is 1. The van der Waals surface area contributed by atoms with Gasteiger partial charge < -0.3 is 14.8 Å². The number of hydrogen-bond donors (Lipinski definition) is 2. The predicted molar refractivity (Wildman–Crippen MR) is 134 cm³/mol. The Kier molecular flexibility index (Phi) is 7.38. The Morgan fingerprint density at radius 1 is 1.15 bits per heavy atom. The van der Waals surface area contributed by atoms with Crippen LogP contribution in [0.15, 0.2) is 40.9 Å². The third-order valence-corrected chi connectivity index (χ3v) is 8.08. The zero-order chi connectivity index (χ0) is 24.2. The highest BCUT2D eigenvalue weighted by molar-refractivity contribution is 8.00. The average molecular weight is 498 g/mol. The van der Waals surface area contributed by atoms with Crippen molar-refractivity contribution in [3.8, 4) is 0 Å². The lowest BCUT2D eigenvalue weighted by molar-refractivity contribution is -0.130. The van der Waals surface area contributed by atoms with Crippen LogP contribution in [0.3, 0.4) is 0 Å². The molecule has 0 unspecified atom stereocenters. The number of nitrogens with one attached hydrogen (secondary N) is 2. The molecule has 0 radical (unpaired) electrons. The van der Waals surface area contributed by atoms with Gasteiger partial charge in [-0.05, 0) is 48.7 Å². The molecule has 2 N–H and O–H groups in total. The minimum Gasteiger partial charge on any atom is -0.357 e. The van der Waals surface area contributed by atoms with Crippen molar-refractivity contribution in [2.24, 2.45) is 0 Å². The Morgan fingerprint density at radius 3 is 2.56 bits per heavy atom. The summed E-state index contributed by atoms with van der Waals surface area (Å²) in [5.74, 6) is 0.527. The van der Waals surface area contributed by atoms with Crippen LogP contribution in [0, 0.1) is 13.8 Å². The van der Waals surface area contributed by atoms with Crippen LogP contribution in [0.2, 0.25) is 0 Å². The zero-order valence-corrected chi connectivity index (χ0v) is 21.0. The summed E-state index contributed by atoms with van der Waals surface area (Å²) in [4.78, 5) is 47.8. The van der Waals surface area contributed by atoms with Crippen molar-refractivity contribution >= 4 is 46.0 Å². The molecule has 1 aliphatic rings. The fourth-order valence-corrected chi connectivity index (χ4v) is 5.61. The van der Waals surface area contributed by atoms with Crippen molar-refractivity contribution < 1.29 is 14.4 Å². The average Bonchev–Trinajstić information content (AvgIpc) is 3.52. The number of amides is 3. The first kappa shape index (κ1) is 24.0. The SMILES string of the molecule is CC(=O)N1CCN(C(=O)c2cc(CSc3cnc(NC(=O)c4ccc[nH]4)s3)cc(C)c2C)CC1. The summed E-state index contributed by atoms with van der Waals surface area (Å²) in [5, 5.41) is 3.34. The third-order valence-electron chi connectivity index (χ3n) is 5.90. The quantitative estimate of drug-likeness (QED) is 0.503. The first-order valence-corrected chi connectivity index (χ1v) is 12.8. The molecular weight excluding hydrogens is 470 g/mol. The molecule has 3 aromatic rings. The fourth-order valence-electron chi connectivity index (χ4n) is 3.81. The molecule has 10 heteroatoms. The van der Waals surface area contributed by atoms with Crippen LogP contribution < -0.4 is 5.32 Å². The van der Waals surface area contributed by atoms with E-state index in [1.807, 2.05) is 24.8 Å². The van der Waals surface area contributed by atoms with Crippen molar-refractivity contribution in [3.63, 3.8) is 0 Å². The number of aryl methyl sites for hydroxylation is 1. The maximum absolute atomic E-state index is 13.2. The Balaban J connectivity index is 1.40. The first-order chi connectivity index (χ1) is 16.3. The van der Waals surface area contributed by atoms with E-state index < -0.39 is 0 Å². The van der Waals surface area contributed by atoms with Gasteiger partial charge in [0.1, 0.15) is 5.69 Å². The van der Waals surface area contributed by atoms with Gasteiger partial charge in [0.15, 0.2) is 5.13 Å². The smallest absolute Gasteiger partial charge is 0.273 e. The van der Waals surface area contributed by atoms with Gasteiger partial charge in [-0.25, -0.2) is 4.98 Å². The van der Waals surface area contributed by atoms with Gasteiger partial charge >= 0.3 is 0 Å². The van der Waals surface area contributed by atoms with E-state index in [-0.39, 0.29) is 17.7 Å². The van der Waals surface area contributed by atoms with Crippen molar-refractivity contribution in [1.29, 1.82) is 0 Å². The van der Waals surface area contributed by atoms with Crippen molar-refractivity contribution in [1.82, 2.24) is 19.8 Å². The van der Waals surface area contributed by atoms with Crippen LogP contribution in [0.1, 0.15) is 44.5 Å². The van der Waals surface area contributed by atoms with Gasteiger partial charge in [0.2, 0.25) is 5.91 Å². The highest BCUT2D eigenvalue weighted by atomic mass is 32.2. The molecule has 3 amide bonds. The number of rotatable bonds is 6. The van der Waals surface area contributed by atoms with Gasteiger partial charge in [0.25, 0.3) is 11.8 Å². The summed E-state index contributed by atoms with van der Waals surface area (Å²) >= 11 is 3.04. The van der Waals surface area contributed by atoms with Crippen molar-refractivity contribution in [2.45, 2.75) is 30.7 Å². The van der Waals surface area contributed by atoms with E-state index >= 15 is 0 Å². The zero-order valence-electron chi connectivity index (χ0n) is 19.4. The first-order valence-electron chi connectivity index (χ1n) is 11.0. The maximum Gasteiger partial charge on any atom is 0.273 e. The maximum atomic E-state index is 13.2. The molecule has 0 atom stereocenters. The summed E-state index contributed by atoms with van der Waals surface area (Å²) in [6.45, 7) is 7.81. The third kappa shape index (κ3) is 5.51. The molecule has 178 valence electrons. The molecule has 8 nitrogen and oxygen atoms in total. The normalized spacial score (nSPS) is 13.7. The second-order valence-corrected chi connectivity index (χ2v) is 10.5. The van der Waals surface area contributed by atoms with Gasteiger partial charge in [-0.1, -0.05) is 17.4 Å². The Morgan fingerprint density at radius 2 is 1.88 bits per heavy atom. The molecule has 1 saturated heterocycles. The number of benzene rings is 1. The number of aromatic nitrogens is 2. The van der Waals surface area contributed by atoms with E-state index in [1.54, 1.807) is 48.1 Å². The van der Waals surface area contributed by atoms with Crippen LogP contribution in [0.4, 0.5) is 5.13 Å². The highest BCUT2D eigenvalue weighted by Crippen LogP contribution is 2.32. The lowest BCUT2D eigenvalue weighted by Crippen LogP contribution is -2.50. The number of H-pyrrole nitrogens is 1. The molecule has 0 aliphatic carbocycles. The second kappa shape index (κ2) is 10.4. The molecule has 4 rings (SSSR count). The molecule has 0 bridgehead atoms. The predicted octanol–water partition coefficient (Wildman–Crippen LogP) is 3.94. The van der Waals surface area contributed by atoms with E-state index in [2.05, 4.69) is 21.4 Å². The van der Waals surface area contributed by atoms with Gasteiger partial charge in [-0.3, -0.25) is 19.7 Å². The van der Waals surface area contributed by atoms with Crippen LogP contribution in [0.5, 0.6) is 0 Å². The summed E-state index contributed by atoms with van der Waals surface area (Å²) in [5.41, 5.74) is 4.32. The fraction of sp³-hybridized carbons (Fsp3) is 0.333. The summed E-state index contributed by atoms with van der Waals surface area (Å²) < 4.78 is 0.980. The number of aromatic amines is 1. The monoisotopic (exact) mass is 497 g/mol. The van der Waals surface area contributed by atoms with Gasteiger partial charge in [0, 0.05) is 50.6 Å². The van der Waals surface area contributed by atoms with Crippen LogP contribution in [-0.2, 0) is 10.5 Å². The summed E-state index contributed by atoms with van der Waals surface area (Å²) in [6.07, 6.45) is 3.45. The van der Waals surface area contributed by atoms with E-state index in [9.17, 15) is 14.4 Å². The molecule has 1 aliphatic heterocycles. The Hall–Kier alpha value is -3.11. The van der Waals surface area contributed by atoms with Crippen LogP contribution in [-0.4, -0.2) is 63.7 Å². The Labute approximate surface area is 206 Å². The molecule has 1 aromatic carbocycles. The topological polar surface area (TPSA) is 98.4 Å². The second-order valence-electron chi connectivity index (χ2n) is 8.19. The number of piperazine rings is 1. The number of hydrogen-bond acceptors (Lipinski definition) is 6. The van der Waals surface area contributed by atoms with Gasteiger partial charge in [0.05, 0.1) is 10.4 Å². The molecule has 34 heavy (non-hydrogen) atoms. The Bertz CT molecular complexity index is 1200. The van der Waals surface area contributed by atoms with Crippen LogP contribution in [0.25, 0.3) is 0 Å². The standard InChI is InChI=1S/C24H27N5O3S2/c1-15-11-18(12-19(16(15)2)23(32)29-9-7-28(8-10-29)17(3)30)14-33-21-13-26-24(34-21)27-22(31)20-5-4-6-25-20/h4-6,11-13,25H,7-10,14H2,1-3H3,(H,26,27,31). The van der Waals surface area contributed by atoms with E-state index in [1.165, 1.54) is 11.3 Å². The number of anilines is 1. The van der Waals surface area contributed by atoms with E-state index in [0.29, 0.717) is 42.8 Å². The van der Waals surface area contributed by atoms with Crippen molar-refractivity contribution in [3.05, 3.63) is 64.6 Å². The van der Waals surface area contributed by atoms with Gasteiger partial charge in [-0.15, -0.1) is 11.8 Å². The number of nitrogens with zero attached hydrogens (tertiary/aromatic N) is 3. The lowest BCUT2D eigenvalue weighted by atomic mass is 9.99. The minimum absolute atomic E-state index is 0.0164. The minimum atomic E-state index is -0.225. The molecule has 3 heterocycles. The highest BCUT2D eigenvalue weighted by Gasteiger charge is 2.25. The van der Waals surface area contributed by atoms with Crippen molar-refractivity contribution in [2.75, 3.05) is 31.5 Å². The number of thiazole rings is 1. The molecule has 0 spiro atoms. The molecule has 2 aromatic heterocycles. The summed E-state index contributed by atoms with van der Waals surface area (Å²) in [7, 11) is 0. The van der Waals surface area contributed by atoms with E-state index in [4.69, 9.17) is 0 Å². The lowest BCUT2D eigenvalue weighted by Gasteiger charge is -2.34. The number of carbonyl (C=O) groups excluding carboxylic acids is 3. The van der Waals surface area contributed by atoms with Gasteiger partial charge in [-0.2, -0.15) is 0 Å².